The van der Waals surface area contributed by atoms with Crippen molar-refractivity contribution in [3.05, 3.63) is 65.5 Å². The van der Waals surface area contributed by atoms with E-state index in [1.165, 1.54) is 22.6 Å². The van der Waals surface area contributed by atoms with Crippen LogP contribution in [0.5, 0.6) is 0 Å². The largest absolute Gasteiger partial charge is 0.364 e. The molecule has 0 atom stereocenters. The summed E-state index contributed by atoms with van der Waals surface area (Å²) < 4.78 is 4.22. The van der Waals surface area contributed by atoms with Crippen molar-refractivity contribution in [2.45, 2.75) is 26.2 Å². The third-order valence-corrected chi connectivity index (χ3v) is 4.17. The first-order valence-electron chi connectivity index (χ1n) is 7.28. The second-order valence-corrected chi connectivity index (χ2v) is 5.69. The summed E-state index contributed by atoms with van der Waals surface area (Å²) >= 11 is 0. The van der Waals surface area contributed by atoms with Gasteiger partial charge in [0, 0.05) is 56.5 Å². The van der Waals surface area contributed by atoms with Crippen molar-refractivity contribution < 1.29 is 0 Å². The van der Waals surface area contributed by atoms with Gasteiger partial charge in [-0.1, -0.05) is 0 Å². The number of fused-ring (bicyclic) bond motifs is 1. The van der Waals surface area contributed by atoms with E-state index in [9.17, 15) is 0 Å². The summed E-state index contributed by atoms with van der Waals surface area (Å²) in [6.45, 7) is 3.78. The molecule has 0 aromatic carbocycles. The molecule has 0 spiro atoms. The van der Waals surface area contributed by atoms with Crippen molar-refractivity contribution in [2.75, 3.05) is 0 Å². The number of aryl methyl sites for hydroxylation is 1. The summed E-state index contributed by atoms with van der Waals surface area (Å²) in [6.07, 6.45) is 6.16. The molecule has 1 aliphatic heterocycles. The molecule has 0 unspecified atom stereocenters. The van der Waals surface area contributed by atoms with E-state index < -0.39 is 0 Å². The van der Waals surface area contributed by atoms with Gasteiger partial charge >= 0.3 is 0 Å². The Labute approximate surface area is 123 Å². The lowest BCUT2D eigenvalue weighted by molar-refractivity contribution is 0.265. The van der Waals surface area contributed by atoms with Gasteiger partial charge in [0.2, 0.25) is 0 Å². The van der Waals surface area contributed by atoms with Gasteiger partial charge in [0.15, 0.2) is 0 Å². The molecule has 0 amide bonds. The van der Waals surface area contributed by atoms with Crippen LogP contribution in [0.1, 0.15) is 22.6 Å². The molecule has 0 radical (unpaired) electrons. The number of nitrogens with one attached hydrogen (secondary N) is 1. The highest BCUT2D eigenvalue weighted by molar-refractivity contribution is 5.30. The number of rotatable bonds is 4. The molecule has 108 valence electrons. The third-order valence-electron chi connectivity index (χ3n) is 4.17. The molecule has 0 aliphatic carbocycles. The van der Waals surface area contributed by atoms with Gasteiger partial charge in [-0.15, -0.1) is 0 Å². The highest BCUT2D eigenvalue weighted by Crippen LogP contribution is 2.27. The van der Waals surface area contributed by atoms with Crippen LogP contribution in [0.15, 0.2) is 42.9 Å². The van der Waals surface area contributed by atoms with Crippen LogP contribution in [0, 0.1) is 0 Å². The molecule has 5 heteroatoms. The summed E-state index contributed by atoms with van der Waals surface area (Å²) in [7, 11) is 2.05. The summed E-state index contributed by atoms with van der Waals surface area (Å²) in [5, 5.41) is 4.70. The molecular weight excluding hydrogens is 262 g/mol. The molecule has 3 aromatic rings. The smallest absolute Gasteiger partial charge is 0.0869 e. The number of hydrogen-bond acceptors (Lipinski definition) is 2. The molecular formula is C16H19N5. The van der Waals surface area contributed by atoms with Gasteiger partial charge in [0.25, 0.3) is 0 Å². The zero-order valence-electron chi connectivity index (χ0n) is 12.2. The summed E-state index contributed by atoms with van der Waals surface area (Å²) in [5.41, 5.74) is 5.21. The monoisotopic (exact) mass is 281 g/mol. The highest BCUT2D eigenvalue weighted by Gasteiger charge is 2.26. The van der Waals surface area contributed by atoms with E-state index in [2.05, 4.69) is 58.2 Å². The Morgan fingerprint density at radius 2 is 2.00 bits per heavy atom. The van der Waals surface area contributed by atoms with E-state index in [0.717, 1.165) is 26.2 Å². The lowest BCUT2D eigenvalue weighted by Gasteiger charge is -2.14. The minimum Gasteiger partial charge on any atom is -0.364 e. The molecule has 21 heavy (non-hydrogen) atoms. The SMILES string of the molecule is Cn1nc(Cn2cccc2)c2c1CN(Cc1ccc[nH]1)C2. The standard InChI is InChI=1S/C16H19N5/c1-19-16-12-21(9-13-5-4-6-17-13)10-14(16)15(18-19)11-20-7-2-3-8-20/h2-8,17H,9-12H2,1H3. The van der Waals surface area contributed by atoms with Gasteiger partial charge in [-0.3, -0.25) is 9.58 Å². The van der Waals surface area contributed by atoms with Gasteiger partial charge in [-0.25, -0.2) is 0 Å². The van der Waals surface area contributed by atoms with Gasteiger partial charge in [-0.2, -0.15) is 5.10 Å². The van der Waals surface area contributed by atoms with Crippen LogP contribution in [0.25, 0.3) is 0 Å². The average Bonchev–Trinajstić information content (AvgIpc) is 3.20. The Morgan fingerprint density at radius 1 is 1.14 bits per heavy atom. The molecule has 0 saturated carbocycles. The topological polar surface area (TPSA) is 41.8 Å². The molecule has 0 saturated heterocycles. The quantitative estimate of drug-likeness (QED) is 0.796. The van der Waals surface area contributed by atoms with Gasteiger partial charge in [-0.05, 0) is 24.3 Å². The number of H-pyrrole nitrogens is 1. The molecule has 4 rings (SSSR count). The van der Waals surface area contributed by atoms with E-state index in [0.29, 0.717) is 0 Å². The normalized spacial score (nSPS) is 14.7. The lowest BCUT2D eigenvalue weighted by atomic mass is 10.2. The lowest BCUT2D eigenvalue weighted by Crippen LogP contribution is -2.18. The average molecular weight is 281 g/mol. The van der Waals surface area contributed by atoms with E-state index in [1.807, 2.05) is 10.9 Å². The first-order valence-corrected chi connectivity index (χ1v) is 7.28. The zero-order chi connectivity index (χ0) is 14.2. The van der Waals surface area contributed by atoms with Crippen molar-refractivity contribution in [3.8, 4) is 0 Å². The minimum atomic E-state index is 0.854. The third kappa shape index (κ3) is 2.29. The van der Waals surface area contributed by atoms with Crippen molar-refractivity contribution in [1.82, 2.24) is 24.2 Å². The second kappa shape index (κ2) is 4.93. The summed E-state index contributed by atoms with van der Waals surface area (Å²) in [4.78, 5) is 5.74. The fourth-order valence-corrected chi connectivity index (χ4v) is 3.13. The fraction of sp³-hybridized carbons (Fsp3) is 0.312. The fourth-order valence-electron chi connectivity index (χ4n) is 3.13. The van der Waals surface area contributed by atoms with Gasteiger partial charge in [0.05, 0.1) is 17.9 Å². The van der Waals surface area contributed by atoms with Crippen LogP contribution in [-0.4, -0.2) is 24.2 Å². The Bertz CT molecular complexity index is 721. The molecule has 1 aliphatic rings. The highest BCUT2D eigenvalue weighted by atomic mass is 15.3. The van der Waals surface area contributed by atoms with Crippen molar-refractivity contribution in [3.63, 3.8) is 0 Å². The summed E-state index contributed by atoms with van der Waals surface area (Å²) in [5.74, 6) is 0. The van der Waals surface area contributed by atoms with Crippen LogP contribution in [0.4, 0.5) is 0 Å². The van der Waals surface area contributed by atoms with Crippen LogP contribution >= 0.6 is 0 Å². The number of nitrogens with zero attached hydrogens (tertiary/aromatic N) is 4. The van der Waals surface area contributed by atoms with E-state index in [-0.39, 0.29) is 0 Å². The van der Waals surface area contributed by atoms with E-state index in [1.54, 1.807) is 0 Å². The molecule has 3 aromatic heterocycles. The number of hydrogen-bond donors (Lipinski definition) is 1. The predicted molar refractivity (Wildman–Crippen MR) is 80.5 cm³/mol. The molecule has 0 bridgehead atoms. The van der Waals surface area contributed by atoms with Gasteiger partial charge in [0.1, 0.15) is 0 Å². The zero-order valence-corrected chi connectivity index (χ0v) is 12.2. The van der Waals surface area contributed by atoms with Crippen LogP contribution < -0.4 is 0 Å². The number of aromatic amines is 1. The van der Waals surface area contributed by atoms with Crippen molar-refractivity contribution >= 4 is 0 Å². The van der Waals surface area contributed by atoms with E-state index in [4.69, 9.17) is 5.10 Å². The van der Waals surface area contributed by atoms with Crippen molar-refractivity contribution in [2.24, 2.45) is 7.05 Å². The Kier molecular flexibility index (Phi) is 2.93. The van der Waals surface area contributed by atoms with Crippen LogP contribution in [-0.2, 0) is 33.2 Å². The van der Waals surface area contributed by atoms with Gasteiger partial charge < -0.3 is 9.55 Å². The molecule has 4 heterocycles. The van der Waals surface area contributed by atoms with Crippen LogP contribution in [0.2, 0.25) is 0 Å². The first-order chi connectivity index (χ1) is 10.3. The molecule has 1 N–H and O–H groups in total. The Morgan fingerprint density at radius 3 is 2.76 bits per heavy atom. The maximum Gasteiger partial charge on any atom is 0.0869 e. The summed E-state index contributed by atoms with van der Waals surface area (Å²) in [6, 6.07) is 8.31. The maximum atomic E-state index is 4.70. The van der Waals surface area contributed by atoms with E-state index >= 15 is 0 Å². The predicted octanol–water partition coefficient (Wildman–Crippen LogP) is 2.11. The Hall–Kier alpha value is -2.27. The van der Waals surface area contributed by atoms with Crippen LogP contribution in [0.3, 0.4) is 0 Å². The number of aromatic nitrogens is 4. The molecule has 0 fully saturated rings. The van der Waals surface area contributed by atoms with Crippen molar-refractivity contribution in [1.29, 1.82) is 0 Å². The Balaban J connectivity index is 1.55. The second-order valence-electron chi connectivity index (χ2n) is 5.69. The first kappa shape index (κ1) is 12.5. The minimum absolute atomic E-state index is 0.854. The molecule has 5 nitrogen and oxygen atoms in total. The maximum absolute atomic E-state index is 4.70.